The Morgan fingerprint density at radius 2 is 1.32 bits per heavy atom. The molecule has 7 heterocycles. The molecule has 0 spiro atoms. The van der Waals surface area contributed by atoms with Gasteiger partial charge in [-0.25, -0.2) is 9.59 Å². The van der Waals surface area contributed by atoms with Crippen LogP contribution in [0.2, 0.25) is 10.0 Å². The van der Waals surface area contributed by atoms with Crippen LogP contribution in [0, 0.1) is 5.92 Å². The van der Waals surface area contributed by atoms with Crippen LogP contribution in [0.15, 0.2) is 78.9 Å². The number of hydrogen-bond acceptors (Lipinski definition) is 26. The maximum absolute atomic E-state index is 16.2. The Hall–Kier alpha value is -9.89. The quantitative estimate of drug-likeness (QED) is 0.0798. The predicted octanol–water partition coefficient (Wildman–Crippen LogP) is 1.75. The van der Waals surface area contributed by atoms with Crippen molar-refractivity contribution in [3.63, 3.8) is 0 Å². The van der Waals surface area contributed by atoms with Gasteiger partial charge in [0.25, 0.3) is 0 Å². The van der Waals surface area contributed by atoms with Crippen molar-refractivity contribution in [2.24, 2.45) is 17.4 Å². The predicted molar refractivity (Wildman–Crippen MR) is 374 cm³/mol. The molecule has 8 amide bonds. The number of halogens is 2. The molecule has 0 radical (unpaired) electrons. The summed E-state index contributed by atoms with van der Waals surface area (Å²) in [4.78, 5) is 135. The maximum atomic E-state index is 16.2. The van der Waals surface area contributed by atoms with Gasteiger partial charge in [0.05, 0.1) is 35.3 Å². The minimum atomic E-state index is -2.40. The summed E-state index contributed by atoms with van der Waals surface area (Å²) in [5, 5.41) is 127. The van der Waals surface area contributed by atoms with E-state index < -0.39 is 260 Å². The fourth-order valence-corrected chi connectivity index (χ4v) is 13.5. The van der Waals surface area contributed by atoms with Crippen molar-refractivity contribution in [2.75, 3.05) is 13.7 Å². The van der Waals surface area contributed by atoms with Crippen LogP contribution in [0.1, 0.15) is 126 Å². The van der Waals surface area contributed by atoms with Gasteiger partial charge < -0.3 is 128 Å². The van der Waals surface area contributed by atoms with E-state index in [1.54, 1.807) is 34.6 Å². The summed E-state index contributed by atoms with van der Waals surface area (Å²) < 4.78 is 43.6. The number of carboxylic acid groups (broad SMARTS) is 1. The van der Waals surface area contributed by atoms with Gasteiger partial charge in [0.15, 0.2) is 23.8 Å². The van der Waals surface area contributed by atoms with Gasteiger partial charge >= 0.3 is 12.1 Å². The number of nitrogens with two attached hydrogens (primary N) is 2. The molecule has 7 aliphatic heterocycles. The molecule has 12 rings (SSSR count). The lowest BCUT2D eigenvalue weighted by atomic mass is 9.86. The van der Waals surface area contributed by atoms with Crippen LogP contribution in [0.25, 0.3) is 11.1 Å². The van der Waals surface area contributed by atoms with E-state index in [9.17, 15) is 70.2 Å². The first-order chi connectivity index (χ1) is 50.6. The molecule has 0 aromatic heterocycles. The van der Waals surface area contributed by atoms with Crippen molar-refractivity contribution in [3.05, 3.63) is 117 Å². The van der Waals surface area contributed by atoms with E-state index in [1.165, 1.54) is 33.0 Å². The number of phenolic OH excluding ortho intramolecular Hbond substituents is 3. The minimum absolute atomic E-state index is 0.0672. The number of carbonyl (C=O) groups is 9. The molecule has 582 valence electrons. The molecule has 18 atom stereocenters. The van der Waals surface area contributed by atoms with Gasteiger partial charge in [-0.15, -0.1) is 0 Å². The number of benzene rings is 5. The highest BCUT2D eigenvalue weighted by molar-refractivity contribution is 6.32. The normalized spacial score (nSPS) is 28.4. The molecule has 11 bridgehead atoms. The Balaban J connectivity index is 1.24. The van der Waals surface area contributed by atoms with Crippen molar-refractivity contribution < 1.29 is 127 Å². The van der Waals surface area contributed by atoms with Crippen molar-refractivity contribution in [1.29, 1.82) is 0 Å². The number of nitrogens with zero attached hydrogens (tertiary/aromatic N) is 1. The summed E-state index contributed by atoms with van der Waals surface area (Å²) in [5.41, 5.74) is 6.92. The Morgan fingerprint density at radius 1 is 0.722 bits per heavy atom. The first-order valence-electron chi connectivity index (χ1n) is 33.9. The van der Waals surface area contributed by atoms with E-state index in [-0.39, 0.29) is 35.4 Å². The number of nitrogens with one attached hydrogen (secondary N) is 6. The van der Waals surface area contributed by atoms with Gasteiger partial charge in [0, 0.05) is 41.8 Å². The third kappa shape index (κ3) is 17.5. The SMILES string of the molecule is CC(C)C[C@H](C(=O)N[C@H]1C(=O)N[C@@H](CC(N)=O)C(=O)N[C@H]2C(=O)N[C@H]3C(=O)N[C@H](C(=O)N[C@H](C(=O)O)c4cc(O)cc(O)c4-c4cc3ccc4O)[C@H](O[C@H]3C[C@](C)(N)[C@H](O)[C@@H](C)O3)c3ccc(c(Cl)c3)Oc3cc2cc(c3O[C@H]2O[C@@H](CO)[C@H](O)[C@@H](O)[C@@H]2O)Oc2ccc(cc2Cl)[C@H]1O)N(C)C(=O)OC(C)(C)C. The standard InChI is InChI=1S/C71H83Cl2N9O26/c1-26(2)15-38(82(8)69(101)108-70(4,5)6)62(94)80-52-54(88)29-10-13-41(35(72)17-29)103-43-19-31-20-44(59(43)107-68-57(91)56(90)55(89)45(25-83)105-68)104-42-14-11-30(18-36(42)73)58(106-47-24-71(7,75)60(92)27(3)102-47)53-66(98)79-51(67(99)100)34-21-32(84)22-40(86)48(34)33-16-28(9-12-39(33)85)49(63(95)81-53)78-64(96)50(31)77-61(93)37(23-46(74)87)76-65(52)97/h9-14,16-22,26-27,37-38,45,47,49-58,60,68,83-86,88-92H,15,23-25,75H2,1-8H3,(H2,74,87)(H,76,97)(H,77,93)(H,78,96)(H,79,98)(H,80,94)(H,81,95)(H,99,100)/t27-,37+,38-,45+,47+,49-,50-,51+,52-,53+,54-,55+,56-,57+,58-,60-,68-,71+/m1/s1. The fraction of sp³-hybridized carbons (Fsp3) is 0.451. The van der Waals surface area contributed by atoms with Crippen molar-refractivity contribution in [2.45, 2.75) is 183 Å². The second kappa shape index (κ2) is 32.1. The number of aliphatic carboxylic acids is 1. The van der Waals surface area contributed by atoms with Gasteiger partial charge in [-0.3, -0.25) is 38.5 Å². The fourth-order valence-electron chi connectivity index (χ4n) is 13.0. The van der Waals surface area contributed by atoms with E-state index in [0.717, 1.165) is 71.6 Å². The monoisotopic (exact) mass is 1550 g/mol. The third-order valence-electron chi connectivity index (χ3n) is 18.5. The number of carbonyl (C=O) groups excluding carboxylic acids is 8. The van der Waals surface area contributed by atoms with E-state index in [4.69, 9.17) is 67.8 Å². The molecule has 0 saturated carbocycles. The highest BCUT2D eigenvalue weighted by Gasteiger charge is 2.49. The van der Waals surface area contributed by atoms with Gasteiger partial charge in [0.1, 0.15) is 107 Å². The van der Waals surface area contributed by atoms with Gasteiger partial charge in [-0.1, -0.05) is 55.2 Å². The maximum Gasteiger partial charge on any atom is 0.410 e. The highest BCUT2D eigenvalue weighted by atomic mass is 35.5. The van der Waals surface area contributed by atoms with E-state index >= 15 is 24.0 Å². The van der Waals surface area contributed by atoms with Crippen LogP contribution >= 0.6 is 23.2 Å². The number of phenols is 3. The van der Waals surface area contributed by atoms with Gasteiger partial charge in [-0.2, -0.15) is 0 Å². The van der Waals surface area contributed by atoms with Crippen molar-refractivity contribution in [3.8, 4) is 57.1 Å². The number of fused-ring (bicyclic) bond motifs is 15. The Labute approximate surface area is 625 Å². The van der Waals surface area contributed by atoms with Crippen molar-refractivity contribution in [1.82, 2.24) is 36.8 Å². The zero-order valence-electron chi connectivity index (χ0n) is 59.1. The molecule has 7 aliphatic rings. The topological polar surface area (TPSA) is 548 Å². The molecule has 5 aromatic rings. The summed E-state index contributed by atoms with van der Waals surface area (Å²) in [6.07, 6.45) is -20.7. The average Bonchev–Trinajstić information content (AvgIpc) is 0.781. The van der Waals surface area contributed by atoms with Gasteiger partial charge in [0.2, 0.25) is 53.4 Å². The number of aliphatic hydroxyl groups is 6. The number of primary amides is 1. The average molecular weight is 1550 g/mol. The number of ether oxygens (including phenoxy) is 7. The lowest BCUT2D eigenvalue weighted by Crippen LogP contribution is -2.61. The third-order valence-corrected chi connectivity index (χ3v) is 19.1. The van der Waals surface area contributed by atoms with E-state index in [2.05, 4.69) is 31.9 Å². The molecule has 20 N–H and O–H groups in total. The number of aliphatic hydroxyl groups excluding tert-OH is 6. The van der Waals surface area contributed by atoms with Crippen LogP contribution in [-0.2, 0) is 57.3 Å². The van der Waals surface area contributed by atoms with Crippen LogP contribution in [0.4, 0.5) is 4.79 Å². The molecule has 2 saturated heterocycles. The van der Waals surface area contributed by atoms with E-state index in [0.29, 0.717) is 0 Å². The van der Waals surface area contributed by atoms with Gasteiger partial charge in [-0.05, 0) is 124 Å². The Bertz CT molecular complexity index is 4350. The molecular formula is C71H83Cl2N9O26. The summed E-state index contributed by atoms with van der Waals surface area (Å²) in [5.74, 6) is -16.9. The lowest BCUT2D eigenvalue weighted by molar-refractivity contribution is -0.277. The zero-order chi connectivity index (χ0) is 79.2. The Kier molecular flexibility index (Phi) is 24.0. The summed E-state index contributed by atoms with van der Waals surface area (Å²) in [6.45, 7) is 10.1. The summed E-state index contributed by atoms with van der Waals surface area (Å²) in [6, 6.07) is -1.51. The first-order valence-corrected chi connectivity index (χ1v) is 34.6. The van der Waals surface area contributed by atoms with Crippen LogP contribution < -0.4 is 57.6 Å². The number of amides is 8. The zero-order valence-corrected chi connectivity index (χ0v) is 60.6. The molecule has 0 unspecified atom stereocenters. The molecule has 0 aliphatic carbocycles. The van der Waals surface area contributed by atoms with E-state index in [1.807, 2.05) is 0 Å². The smallest absolute Gasteiger partial charge is 0.410 e. The summed E-state index contributed by atoms with van der Waals surface area (Å²) >= 11 is 14.3. The molecule has 37 heteroatoms. The largest absolute Gasteiger partial charge is 0.508 e. The second-order valence-electron chi connectivity index (χ2n) is 28.5. The van der Waals surface area contributed by atoms with Crippen LogP contribution in [0.5, 0.6) is 46.0 Å². The number of likely N-dealkylation sites (N-methyl/N-ethyl adjacent to an activating group) is 1. The highest BCUT2D eigenvalue weighted by Crippen LogP contribution is 2.50. The molecule has 5 aromatic carbocycles. The van der Waals surface area contributed by atoms with Crippen LogP contribution in [-0.4, -0.2) is 208 Å². The Morgan fingerprint density at radius 3 is 1.92 bits per heavy atom. The first kappa shape index (κ1) is 80.6. The lowest BCUT2D eigenvalue weighted by Gasteiger charge is -2.44. The second-order valence-corrected chi connectivity index (χ2v) is 29.3. The number of carboxylic acids is 1. The molecular weight excluding hydrogens is 1470 g/mol. The number of hydrogen-bond donors (Lipinski definition) is 18. The molecule has 2 fully saturated rings. The summed E-state index contributed by atoms with van der Waals surface area (Å²) in [7, 11) is 1.26. The molecule has 35 nitrogen and oxygen atoms in total. The number of aromatic hydroxyl groups is 3. The van der Waals surface area contributed by atoms with Crippen LogP contribution in [0.3, 0.4) is 0 Å². The minimum Gasteiger partial charge on any atom is -0.508 e. The number of rotatable bonds is 13. The van der Waals surface area contributed by atoms with Crippen molar-refractivity contribution >= 4 is 76.6 Å². The molecule has 108 heavy (non-hydrogen) atoms.